The molecule has 0 amide bonds. The monoisotopic (exact) mass is 1090 g/mol. The minimum atomic E-state index is -1.59. The normalized spacial score (nSPS) is 54.6. The van der Waals surface area contributed by atoms with Gasteiger partial charge in [-0.2, -0.15) is 0 Å². The molecule has 21 nitrogen and oxygen atoms in total. The van der Waals surface area contributed by atoms with Crippen molar-refractivity contribution in [3.8, 4) is 0 Å². The van der Waals surface area contributed by atoms with E-state index in [2.05, 4.69) is 20.8 Å². The van der Waals surface area contributed by atoms with E-state index in [1.807, 2.05) is 20.8 Å². The van der Waals surface area contributed by atoms with E-state index in [0.29, 0.717) is 37.4 Å². The van der Waals surface area contributed by atoms with Gasteiger partial charge in [-0.15, -0.1) is 0 Å². The fourth-order valence-corrected chi connectivity index (χ4v) is 15.8. The van der Waals surface area contributed by atoms with E-state index in [0.717, 1.165) is 44.9 Å². The van der Waals surface area contributed by atoms with E-state index in [1.165, 1.54) is 7.11 Å². The highest BCUT2D eigenvalue weighted by atomic mass is 16.8. The van der Waals surface area contributed by atoms with Crippen LogP contribution < -0.4 is 0 Å². The van der Waals surface area contributed by atoms with E-state index in [9.17, 15) is 25.2 Å². The second kappa shape index (κ2) is 23.3. The molecule has 21 heteroatoms. The molecule has 7 aliphatic heterocycles. The number of carbonyl (C=O) groups is 1. The Bertz CT molecular complexity index is 1950. The Hall–Kier alpha value is -1.13. The first-order valence-corrected chi connectivity index (χ1v) is 28.5. The van der Waals surface area contributed by atoms with Crippen LogP contribution in [0.1, 0.15) is 126 Å². The molecule has 4 N–H and O–H groups in total. The molecule has 3 aliphatic carbocycles. The highest BCUT2D eigenvalue weighted by Gasteiger charge is 2.70. The largest absolute Gasteiger partial charge is 0.394 e. The van der Waals surface area contributed by atoms with Crippen molar-refractivity contribution in [1.29, 1.82) is 0 Å². The number of hydrogen-bond acceptors (Lipinski definition) is 21. The summed E-state index contributed by atoms with van der Waals surface area (Å²) in [5.74, 6) is 0.623. The molecule has 10 rings (SSSR count). The minimum Gasteiger partial charge on any atom is -0.394 e. The molecular formula is C55H90O21. The number of hydrogen-bond donors (Lipinski definition) is 4. The Morgan fingerprint density at radius 1 is 0.539 bits per heavy atom. The lowest BCUT2D eigenvalue weighted by Gasteiger charge is -2.57. The molecule has 0 radical (unpaired) electrons. The van der Waals surface area contributed by atoms with Crippen LogP contribution in [0.5, 0.6) is 0 Å². The summed E-state index contributed by atoms with van der Waals surface area (Å²) in [6, 6.07) is 0. The fraction of sp³-hybridized carbons (Fsp3) is 0.982. The summed E-state index contributed by atoms with van der Waals surface area (Å²) in [6.45, 7) is 13.8. The lowest BCUT2D eigenvalue weighted by molar-refractivity contribution is -0.359. The summed E-state index contributed by atoms with van der Waals surface area (Å²) in [4.78, 5) is 13.4. The van der Waals surface area contributed by atoms with E-state index in [4.69, 9.17) is 75.8 Å². The summed E-state index contributed by atoms with van der Waals surface area (Å²) in [6.07, 6.45) is -7.00. The van der Waals surface area contributed by atoms with Gasteiger partial charge in [0.15, 0.2) is 37.2 Å². The fourth-order valence-electron chi connectivity index (χ4n) is 15.8. The standard InChI is InChI=1S/C55H90O21/c1-25-32-12-13-39(57)54(32,7)40-23-38-53(6)16-15-31(18-30(53)14-17-55(38,75-25)76-40)69-41-19-33(61-8)48(26(2)65-41)71-42-20-34(62-9)49(27(3)66-42)72-43-21-35(63-10)50(28(4)67-43)73-44-22-36(64-11)51(29(5)68-44)74-52-47(60)46(59)45(58)37(24-56)70-52/h25-38,40-52,56,58-60H,12-24H2,1-11H3/t25-,26+,27+,28+,29+,30-,31-,32-,33-,34-,35+,36-,37+,38+,40+,41-,42-,43-,44-,45+,46-,47+,48+,49+,50+,51+,52-,53-,54+,55-/m0/s1. The molecule has 7 saturated heterocycles. The molecule has 0 aromatic carbocycles. The highest BCUT2D eigenvalue weighted by molar-refractivity contribution is 5.88. The van der Waals surface area contributed by atoms with Crippen molar-refractivity contribution >= 4 is 5.78 Å². The smallest absolute Gasteiger partial charge is 0.187 e. The zero-order valence-electron chi connectivity index (χ0n) is 46.5. The van der Waals surface area contributed by atoms with E-state index in [1.54, 1.807) is 28.3 Å². The predicted octanol–water partition coefficient (Wildman–Crippen LogP) is 3.42. The Kier molecular flexibility index (Phi) is 17.8. The number of ketones is 1. The summed E-state index contributed by atoms with van der Waals surface area (Å²) in [7, 11) is 6.50. The highest BCUT2D eigenvalue weighted by Crippen LogP contribution is 2.67. The average Bonchev–Trinajstić information content (AvgIpc) is 4.02. The van der Waals surface area contributed by atoms with Gasteiger partial charge in [-0.05, 0) is 91.4 Å². The first-order chi connectivity index (χ1) is 36.3. The molecule has 30 atom stereocenters. The van der Waals surface area contributed by atoms with Crippen molar-refractivity contribution in [3.63, 3.8) is 0 Å². The Morgan fingerprint density at radius 2 is 1.03 bits per heavy atom. The number of fused-ring (bicyclic) bond motifs is 5. The van der Waals surface area contributed by atoms with Gasteiger partial charge in [0.05, 0.1) is 79.2 Å². The minimum absolute atomic E-state index is 0.00865. The number of aliphatic hydroxyl groups is 4. The summed E-state index contributed by atoms with van der Waals surface area (Å²) in [5.41, 5.74) is -0.454. The molecular weight excluding hydrogens is 997 g/mol. The maximum atomic E-state index is 13.4. The van der Waals surface area contributed by atoms with Crippen LogP contribution in [0, 0.1) is 28.6 Å². The molecule has 76 heavy (non-hydrogen) atoms. The maximum absolute atomic E-state index is 13.4. The number of Topliss-reactive ketones (excluding diaryl/α,β-unsaturated/α-hetero) is 1. The molecule has 7 heterocycles. The van der Waals surface area contributed by atoms with Gasteiger partial charge in [-0.3, -0.25) is 4.79 Å². The second-order valence-electron chi connectivity index (χ2n) is 24.4. The lowest BCUT2D eigenvalue weighted by Crippen LogP contribution is -2.62. The van der Waals surface area contributed by atoms with Crippen LogP contribution >= 0.6 is 0 Å². The molecule has 1 spiro atoms. The molecule has 436 valence electrons. The van der Waals surface area contributed by atoms with Crippen molar-refractivity contribution < 1.29 is 101 Å². The molecule has 0 unspecified atom stereocenters. The van der Waals surface area contributed by atoms with Crippen LogP contribution in [-0.4, -0.2) is 214 Å². The average molecular weight is 1090 g/mol. The van der Waals surface area contributed by atoms with Gasteiger partial charge < -0.3 is 96.2 Å². The van der Waals surface area contributed by atoms with Crippen LogP contribution in [0.2, 0.25) is 0 Å². The van der Waals surface area contributed by atoms with Gasteiger partial charge in [0.2, 0.25) is 0 Å². The van der Waals surface area contributed by atoms with Gasteiger partial charge in [0.25, 0.3) is 0 Å². The molecule has 3 saturated carbocycles. The molecule has 0 aromatic rings. The van der Waals surface area contributed by atoms with Crippen LogP contribution in [-0.2, 0) is 80.6 Å². The van der Waals surface area contributed by atoms with Crippen LogP contribution in [0.15, 0.2) is 0 Å². The topological polar surface area (TPSA) is 246 Å². The zero-order valence-corrected chi connectivity index (χ0v) is 46.5. The summed E-state index contributed by atoms with van der Waals surface area (Å²) >= 11 is 0. The van der Waals surface area contributed by atoms with E-state index >= 15 is 0 Å². The SMILES string of the molecule is CO[C@H]1C[C@H](O[C@H]2CC[C@@]3(C)[C@@H](CC[C@@]45O[C@@H](C)[C@@H]6CCC(=O)[C@]6(C)[C@@H](C[C@@H]43)O5)C2)O[C@H](C)[C@H]1O[C@H]1C[C@H](OC)[C@H](O[C@H]2C[C@@H](OC)[C@H](O[C@H]3C[C@H](OC)[C@H](O[C@@H]4O[C@H](CO)[C@@H](O)[C@H](O)[C@H]4O)[C@@H](C)O3)[C@@H](C)O2)[C@@H](C)O1. The first-order valence-electron chi connectivity index (χ1n) is 28.5. The van der Waals surface area contributed by atoms with Crippen LogP contribution in [0.4, 0.5) is 0 Å². The summed E-state index contributed by atoms with van der Waals surface area (Å²) in [5, 5.41) is 40.8. The molecule has 0 aromatic heterocycles. The quantitative estimate of drug-likeness (QED) is 0.172. The third-order valence-electron chi connectivity index (χ3n) is 20.2. The molecule has 10 fully saturated rings. The second-order valence-corrected chi connectivity index (χ2v) is 24.4. The lowest BCUT2D eigenvalue weighted by atomic mass is 9.52. The van der Waals surface area contributed by atoms with E-state index in [-0.39, 0.29) is 54.2 Å². The van der Waals surface area contributed by atoms with Gasteiger partial charge in [0.1, 0.15) is 54.6 Å². The third-order valence-corrected chi connectivity index (χ3v) is 20.2. The van der Waals surface area contributed by atoms with Crippen molar-refractivity contribution in [1.82, 2.24) is 0 Å². The van der Waals surface area contributed by atoms with Gasteiger partial charge in [-0.1, -0.05) is 6.92 Å². The third kappa shape index (κ3) is 10.7. The molecule has 2 bridgehead atoms. The van der Waals surface area contributed by atoms with Crippen molar-refractivity contribution in [2.24, 2.45) is 28.6 Å². The van der Waals surface area contributed by atoms with Crippen LogP contribution in [0.3, 0.4) is 0 Å². The van der Waals surface area contributed by atoms with Gasteiger partial charge >= 0.3 is 0 Å². The van der Waals surface area contributed by atoms with Gasteiger partial charge in [0, 0.05) is 78.8 Å². The van der Waals surface area contributed by atoms with Crippen LogP contribution in [0.25, 0.3) is 0 Å². The van der Waals surface area contributed by atoms with E-state index < -0.39 is 135 Å². The number of rotatable bonds is 15. The Morgan fingerprint density at radius 3 is 1.51 bits per heavy atom. The zero-order chi connectivity index (χ0) is 54.2. The number of ether oxygens (including phenoxy) is 16. The van der Waals surface area contributed by atoms with Crippen molar-refractivity contribution in [3.05, 3.63) is 0 Å². The number of aliphatic hydroxyl groups excluding tert-OH is 4. The first kappa shape index (κ1) is 58.1. The summed E-state index contributed by atoms with van der Waals surface area (Å²) < 4.78 is 102. The predicted molar refractivity (Wildman–Crippen MR) is 264 cm³/mol. The number of carbonyl (C=O) groups excluding carboxylic acids is 1. The Labute approximate surface area is 448 Å². The number of methoxy groups -OCH3 is 4. The van der Waals surface area contributed by atoms with Crippen molar-refractivity contribution in [2.45, 2.75) is 279 Å². The molecule has 10 aliphatic rings. The maximum Gasteiger partial charge on any atom is 0.187 e. The Balaban J connectivity index is 0.692. The van der Waals surface area contributed by atoms with Gasteiger partial charge in [-0.25, -0.2) is 0 Å². The van der Waals surface area contributed by atoms with Crippen molar-refractivity contribution in [2.75, 3.05) is 35.0 Å².